The molecule has 2 aliphatic rings. The first kappa shape index (κ1) is 17.3. The Balaban J connectivity index is 1.75. The summed E-state index contributed by atoms with van der Waals surface area (Å²) in [4.78, 5) is 19.7. The van der Waals surface area contributed by atoms with Gasteiger partial charge in [-0.1, -0.05) is 0 Å². The number of likely N-dealkylation sites (N-methyl/N-ethyl adjacent to an activating group) is 1. The molecule has 0 radical (unpaired) electrons. The fraction of sp³-hybridized carbons (Fsp3) is 0.722. The molecule has 3 rings (SSSR count). The van der Waals surface area contributed by atoms with Crippen LogP contribution < -0.4 is 4.74 Å². The summed E-state index contributed by atoms with van der Waals surface area (Å²) in [5, 5.41) is 0. The van der Waals surface area contributed by atoms with Crippen LogP contribution in [0.5, 0.6) is 5.95 Å². The van der Waals surface area contributed by atoms with Gasteiger partial charge < -0.3 is 19.0 Å². The Labute approximate surface area is 144 Å². The van der Waals surface area contributed by atoms with E-state index in [1.54, 1.807) is 12.1 Å². The molecule has 24 heavy (non-hydrogen) atoms. The smallest absolute Gasteiger partial charge is 0.289 e. The van der Waals surface area contributed by atoms with Gasteiger partial charge in [0.05, 0.1) is 6.61 Å². The summed E-state index contributed by atoms with van der Waals surface area (Å²) in [7, 11) is 4.38. The van der Waals surface area contributed by atoms with Crippen molar-refractivity contribution in [3.05, 3.63) is 17.9 Å². The van der Waals surface area contributed by atoms with Crippen LogP contribution in [0.2, 0.25) is 0 Å². The van der Waals surface area contributed by atoms with Crippen LogP contribution in [0.15, 0.2) is 16.5 Å². The fourth-order valence-electron chi connectivity index (χ4n) is 3.85. The van der Waals surface area contributed by atoms with E-state index in [1.807, 2.05) is 11.8 Å². The number of likely N-dealkylation sites (tertiary alicyclic amines) is 1. The molecule has 6 nitrogen and oxygen atoms in total. The minimum atomic E-state index is -0.0189. The second-order valence-electron chi connectivity index (χ2n) is 7.08. The maximum absolute atomic E-state index is 12.9. The molecule has 0 aromatic carbocycles. The summed E-state index contributed by atoms with van der Waals surface area (Å²) in [6.07, 6.45) is 3.21. The van der Waals surface area contributed by atoms with Crippen molar-refractivity contribution in [2.24, 2.45) is 0 Å². The van der Waals surface area contributed by atoms with Gasteiger partial charge in [0.25, 0.3) is 11.9 Å². The summed E-state index contributed by atoms with van der Waals surface area (Å²) in [5.41, 5.74) is 0.0913. The van der Waals surface area contributed by atoms with Crippen LogP contribution >= 0.6 is 0 Å². The summed E-state index contributed by atoms with van der Waals surface area (Å²) < 4.78 is 10.9. The van der Waals surface area contributed by atoms with Gasteiger partial charge in [0.1, 0.15) is 0 Å². The van der Waals surface area contributed by atoms with Crippen molar-refractivity contribution < 1.29 is 13.9 Å². The Hall–Kier alpha value is -1.53. The number of ether oxygens (including phenoxy) is 1. The van der Waals surface area contributed by atoms with Gasteiger partial charge in [-0.3, -0.25) is 9.69 Å². The third-order valence-corrected chi connectivity index (χ3v) is 5.50. The number of rotatable bonds is 3. The fourth-order valence-corrected chi connectivity index (χ4v) is 3.85. The van der Waals surface area contributed by atoms with Crippen LogP contribution in [0.1, 0.15) is 36.7 Å². The Kier molecular flexibility index (Phi) is 5.15. The van der Waals surface area contributed by atoms with Gasteiger partial charge in [-0.25, -0.2) is 0 Å². The van der Waals surface area contributed by atoms with Crippen molar-refractivity contribution in [3.8, 4) is 5.95 Å². The number of nitrogens with zero attached hydrogens (tertiary/aromatic N) is 3. The number of hydrogen-bond acceptors (Lipinski definition) is 5. The van der Waals surface area contributed by atoms with Crippen molar-refractivity contribution in [3.63, 3.8) is 0 Å². The normalized spacial score (nSPS) is 22.5. The molecule has 1 spiro atoms. The summed E-state index contributed by atoms with van der Waals surface area (Å²) in [6, 6.07) is 3.45. The molecule has 134 valence electrons. The van der Waals surface area contributed by atoms with Crippen LogP contribution in [0.25, 0.3) is 0 Å². The zero-order valence-corrected chi connectivity index (χ0v) is 15.1. The largest absolute Gasteiger partial charge is 0.465 e. The number of carbonyl (C=O) groups is 1. The maximum Gasteiger partial charge on any atom is 0.289 e. The Morgan fingerprint density at radius 3 is 2.67 bits per heavy atom. The molecule has 2 saturated heterocycles. The molecule has 0 atom stereocenters. The first-order valence-corrected chi connectivity index (χ1v) is 8.96. The molecule has 2 fully saturated rings. The molecule has 0 aliphatic carbocycles. The number of piperidine rings is 1. The highest BCUT2D eigenvalue weighted by molar-refractivity contribution is 5.91. The van der Waals surface area contributed by atoms with E-state index in [9.17, 15) is 4.79 Å². The van der Waals surface area contributed by atoms with E-state index >= 15 is 0 Å². The number of furan rings is 1. The standard InChI is InChI=1S/C18H29N3O3/c1-4-23-16-7-6-15(24-16)17(22)21-11-5-10-20(3)18(14-21)8-12-19(2)13-9-18/h6-7H,4-5,8-14H2,1-3H3. The Morgan fingerprint density at radius 1 is 1.21 bits per heavy atom. The predicted molar refractivity (Wildman–Crippen MR) is 92.5 cm³/mol. The van der Waals surface area contributed by atoms with Gasteiger partial charge >= 0.3 is 0 Å². The zero-order chi connectivity index (χ0) is 17.2. The van der Waals surface area contributed by atoms with E-state index in [-0.39, 0.29) is 11.4 Å². The van der Waals surface area contributed by atoms with E-state index < -0.39 is 0 Å². The predicted octanol–water partition coefficient (Wildman–Crippen LogP) is 1.92. The van der Waals surface area contributed by atoms with Crippen LogP contribution in [0.4, 0.5) is 0 Å². The molecule has 1 aromatic rings. The molecule has 0 bridgehead atoms. The third kappa shape index (κ3) is 3.44. The lowest BCUT2D eigenvalue weighted by atomic mass is 9.85. The lowest BCUT2D eigenvalue weighted by Gasteiger charge is -2.47. The lowest BCUT2D eigenvalue weighted by molar-refractivity contribution is 0.0303. The van der Waals surface area contributed by atoms with Crippen LogP contribution in [-0.2, 0) is 0 Å². The first-order valence-electron chi connectivity index (χ1n) is 8.96. The van der Waals surface area contributed by atoms with Crippen molar-refractivity contribution in [2.45, 2.75) is 31.7 Å². The van der Waals surface area contributed by atoms with Crippen molar-refractivity contribution in [2.75, 3.05) is 53.4 Å². The monoisotopic (exact) mass is 335 g/mol. The Bertz CT molecular complexity index is 564. The van der Waals surface area contributed by atoms with E-state index in [0.717, 1.165) is 52.0 Å². The summed E-state index contributed by atoms with van der Waals surface area (Å²) in [5.74, 6) is 0.780. The molecule has 0 N–H and O–H groups in total. The molecule has 6 heteroatoms. The highest BCUT2D eigenvalue weighted by atomic mass is 16.6. The van der Waals surface area contributed by atoms with Crippen LogP contribution in [0.3, 0.4) is 0 Å². The van der Waals surface area contributed by atoms with Crippen molar-refractivity contribution in [1.29, 1.82) is 0 Å². The average Bonchev–Trinajstić information content (AvgIpc) is 2.98. The minimum absolute atomic E-state index is 0.0189. The number of carbonyl (C=O) groups excluding carboxylic acids is 1. The average molecular weight is 335 g/mol. The van der Waals surface area contributed by atoms with Gasteiger partial charge in [-0.2, -0.15) is 0 Å². The zero-order valence-electron chi connectivity index (χ0n) is 15.1. The second kappa shape index (κ2) is 7.15. The van der Waals surface area contributed by atoms with Gasteiger partial charge in [0.2, 0.25) is 0 Å². The third-order valence-electron chi connectivity index (χ3n) is 5.50. The summed E-state index contributed by atoms with van der Waals surface area (Å²) in [6.45, 7) is 7.20. The maximum atomic E-state index is 12.9. The van der Waals surface area contributed by atoms with Crippen LogP contribution in [-0.4, -0.2) is 79.6 Å². The highest BCUT2D eigenvalue weighted by Gasteiger charge is 2.41. The van der Waals surface area contributed by atoms with Crippen molar-refractivity contribution in [1.82, 2.24) is 14.7 Å². The van der Waals surface area contributed by atoms with Gasteiger partial charge in [0.15, 0.2) is 5.76 Å². The van der Waals surface area contributed by atoms with E-state index in [1.165, 1.54) is 0 Å². The van der Waals surface area contributed by atoms with E-state index in [2.05, 4.69) is 23.9 Å². The molecule has 3 heterocycles. The first-order chi connectivity index (χ1) is 11.5. The quantitative estimate of drug-likeness (QED) is 0.845. The SMILES string of the molecule is CCOc1ccc(C(=O)N2CCCN(C)C3(CCN(C)CC3)C2)o1. The number of amides is 1. The second-order valence-corrected chi connectivity index (χ2v) is 7.08. The van der Waals surface area contributed by atoms with Gasteiger partial charge in [0, 0.05) is 31.2 Å². The van der Waals surface area contributed by atoms with Gasteiger partial charge in [-0.05, 0) is 59.4 Å². The molecule has 1 amide bonds. The van der Waals surface area contributed by atoms with E-state index in [4.69, 9.17) is 9.15 Å². The molecule has 1 aromatic heterocycles. The topological polar surface area (TPSA) is 49.2 Å². The molecule has 0 saturated carbocycles. The van der Waals surface area contributed by atoms with Crippen molar-refractivity contribution >= 4 is 5.91 Å². The van der Waals surface area contributed by atoms with E-state index in [0.29, 0.717) is 18.3 Å². The highest BCUT2D eigenvalue weighted by Crippen LogP contribution is 2.31. The number of hydrogen-bond donors (Lipinski definition) is 0. The molecule has 2 aliphatic heterocycles. The minimum Gasteiger partial charge on any atom is -0.465 e. The molecular formula is C18H29N3O3. The van der Waals surface area contributed by atoms with Gasteiger partial charge in [-0.15, -0.1) is 0 Å². The Morgan fingerprint density at radius 2 is 1.96 bits per heavy atom. The molecule has 0 unspecified atom stereocenters. The lowest BCUT2D eigenvalue weighted by Crippen LogP contribution is -2.58. The van der Waals surface area contributed by atoms with Crippen LogP contribution in [0, 0.1) is 0 Å². The summed E-state index contributed by atoms with van der Waals surface area (Å²) >= 11 is 0. The molecular weight excluding hydrogens is 306 g/mol.